The van der Waals surface area contributed by atoms with Crippen LogP contribution in [0, 0.1) is 0 Å². The molecule has 2 heterocycles. The third kappa shape index (κ3) is 5.92. The number of imide groups is 1. The van der Waals surface area contributed by atoms with Crippen molar-refractivity contribution < 1.29 is 33.1 Å². The number of hydrogen-bond donors (Lipinski definition) is 0. The lowest BCUT2D eigenvalue weighted by Gasteiger charge is -2.32. The Morgan fingerprint density at radius 3 is 1.75 bits per heavy atom. The highest BCUT2D eigenvalue weighted by atomic mass is 16.7. The van der Waals surface area contributed by atoms with Crippen molar-refractivity contribution in [3.05, 3.63) is 12.3 Å². The van der Waals surface area contributed by atoms with Crippen molar-refractivity contribution in [2.75, 3.05) is 12.0 Å². The fourth-order valence-electron chi connectivity index (χ4n) is 2.74. The molecule has 1 aromatic rings. The molecule has 1 aliphatic heterocycles. The summed E-state index contributed by atoms with van der Waals surface area (Å²) >= 11 is 0. The lowest BCUT2D eigenvalue weighted by atomic mass is 9.80. The number of carbonyl (C=O) groups is 2. The number of hydrogen-bond acceptors (Lipinski definition) is 8. The van der Waals surface area contributed by atoms with Gasteiger partial charge in [-0.2, -0.15) is 4.90 Å². The molecule has 0 radical (unpaired) electrons. The normalized spacial score (nSPS) is 17.7. The SMILES string of the molecule is COc1cc(B2OC(C)(C)C(C)(C)O2)cnc1N(C(=O)OC(C)(C)C)C(=O)OC(C)(C)C. The van der Waals surface area contributed by atoms with Gasteiger partial charge in [-0.05, 0) is 75.3 Å². The van der Waals surface area contributed by atoms with E-state index in [0.717, 1.165) is 4.90 Å². The summed E-state index contributed by atoms with van der Waals surface area (Å²) in [6, 6.07) is 1.62. The quantitative estimate of drug-likeness (QED) is 0.636. The Labute approximate surface area is 190 Å². The Hall–Kier alpha value is -2.33. The van der Waals surface area contributed by atoms with Gasteiger partial charge in [-0.3, -0.25) is 0 Å². The second-order valence-corrected chi connectivity index (χ2v) is 10.7. The van der Waals surface area contributed by atoms with Crippen LogP contribution in [0.3, 0.4) is 0 Å². The third-order valence-electron chi connectivity index (χ3n) is 4.96. The number of rotatable bonds is 3. The second-order valence-electron chi connectivity index (χ2n) is 10.7. The molecule has 9 nitrogen and oxygen atoms in total. The van der Waals surface area contributed by atoms with Crippen molar-refractivity contribution in [1.82, 2.24) is 4.98 Å². The summed E-state index contributed by atoms with van der Waals surface area (Å²) in [5.41, 5.74) is -2.18. The van der Waals surface area contributed by atoms with E-state index >= 15 is 0 Å². The molecule has 0 spiro atoms. The van der Waals surface area contributed by atoms with Crippen LogP contribution in [-0.4, -0.2) is 53.8 Å². The zero-order valence-electron chi connectivity index (χ0n) is 21.0. The fourth-order valence-corrected chi connectivity index (χ4v) is 2.74. The minimum atomic E-state index is -0.930. The van der Waals surface area contributed by atoms with Crippen LogP contribution in [0.5, 0.6) is 5.75 Å². The molecule has 32 heavy (non-hydrogen) atoms. The molecule has 10 heteroatoms. The standard InChI is InChI=1S/C22H35BN2O7/c1-19(2,3)29-17(26)25(18(27)30-20(4,5)6)16-15(28-11)12-14(13-24-16)23-31-21(7,8)22(9,10)32-23/h12-13H,1-11H3. The van der Waals surface area contributed by atoms with Crippen LogP contribution in [0.2, 0.25) is 0 Å². The summed E-state index contributed by atoms with van der Waals surface area (Å²) in [6.07, 6.45) is -0.385. The van der Waals surface area contributed by atoms with Gasteiger partial charge in [0.25, 0.3) is 0 Å². The van der Waals surface area contributed by atoms with E-state index in [2.05, 4.69) is 4.98 Å². The van der Waals surface area contributed by atoms with Gasteiger partial charge in [-0.15, -0.1) is 0 Å². The number of amides is 2. The Bertz CT molecular complexity index is 828. The van der Waals surface area contributed by atoms with Crippen molar-refractivity contribution in [3.63, 3.8) is 0 Å². The van der Waals surface area contributed by atoms with Gasteiger partial charge in [-0.1, -0.05) is 0 Å². The molecule has 2 rings (SSSR count). The van der Waals surface area contributed by atoms with Crippen molar-refractivity contribution in [1.29, 1.82) is 0 Å². The van der Waals surface area contributed by atoms with Crippen LogP contribution in [0.1, 0.15) is 69.2 Å². The molecule has 0 N–H and O–H groups in total. The summed E-state index contributed by atoms with van der Waals surface area (Å²) in [7, 11) is 0.726. The summed E-state index contributed by atoms with van der Waals surface area (Å²) < 4.78 is 28.4. The molecular weight excluding hydrogens is 415 g/mol. The smallest absolute Gasteiger partial charge is 0.493 e. The van der Waals surface area contributed by atoms with E-state index in [9.17, 15) is 9.59 Å². The summed E-state index contributed by atoms with van der Waals surface area (Å²) in [5.74, 6) is 0.102. The average molecular weight is 450 g/mol. The van der Waals surface area contributed by atoms with Crippen molar-refractivity contribution in [2.45, 2.75) is 91.6 Å². The minimum absolute atomic E-state index is 0.0590. The molecule has 2 amide bonds. The number of pyridine rings is 1. The van der Waals surface area contributed by atoms with E-state index in [4.69, 9.17) is 23.5 Å². The molecular formula is C22H35BN2O7. The maximum absolute atomic E-state index is 12.9. The lowest BCUT2D eigenvalue weighted by molar-refractivity contribution is 0.00578. The highest BCUT2D eigenvalue weighted by molar-refractivity contribution is 6.62. The first-order chi connectivity index (χ1) is 14.4. The Balaban J connectivity index is 2.47. The average Bonchev–Trinajstić information content (AvgIpc) is 2.79. The molecule has 0 bridgehead atoms. The maximum atomic E-state index is 12.9. The summed E-state index contributed by atoms with van der Waals surface area (Å²) in [6.45, 7) is 18.0. The molecule has 0 atom stereocenters. The molecule has 1 aromatic heterocycles. The Kier molecular flexibility index (Phi) is 6.93. The highest BCUT2D eigenvalue weighted by Crippen LogP contribution is 2.37. The van der Waals surface area contributed by atoms with E-state index in [0.29, 0.717) is 5.46 Å². The molecule has 0 aliphatic carbocycles. The van der Waals surface area contributed by atoms with Gasteiger partial charge in [0.1, 0.15) is 11.2 Å². The van der Waals surface area contributed by atoms with Crippen molar-refractivity contribution in [3.8, 4) is 5.75 Å². The molecule has 1 aliphatic rings. The summed E-state index contributed by atoms with van der Waals surface area (Å²) in [4.78, 5) is 30.9. The molecule has 1 fully saturated rings. The number of ether oxygens (including phenoxy) is 3. The van der Waals surface area contributed by atoms with E-state index in [1.54, 1.807) is 47.6 Å². The van der Waals surface area contributed by atoms with E-state index in [1.165, 1.54) is 13.3 Å². The van der Waals surface area contributed by atoms with Gasteiger partial charge in [0.15, 0.2) is 11.6 Å². The van der Waals surface area contributed by atoms with Gasteiger partial charge < -0.3 is 23.5 Å². The summed E-state index contributed by atoms with van der Waals surface area (Å²) in [5, 5.41) is 0. The number of methoxy groups -OCH3 is 1. The second kappa shape index (κ2) is 8.55. The zero-order chi connectivity index (χ0) is 24.7. The topological polar surface area (TPSA) is 96.4 Å². The molecule has 1 saturated heterocycles. The molecule has 0 unspecified atom stereocenters. The van der Waals surface area contributed by atoms with Crippen LogP contribution in [0.4, 0.5) is 15.4 Å². The lowest BCUT2D eigenvalue weighted by Crippen LogP contribution is -2.44. The van der Waals surface area contributed by atoms with E-state index in [-0.39, 0.29) is 11.6 Å². The van der Waals surface area contributed by atoms with Gasteiger partial charge in [0.05, 0.1) is 18.3 Å². The van der Waals surface area contributed by atoms with Gasteiger partial charge in [0, 0.05) is 11.7 Å². The first kappa shape index (κ1) is 25.9. The van der Waals surface area contributed by atoms with Crippen LogP contribution < -0.4 is 15.1 Å². The van der Waals surface area contributed by atoms with Crippen molar-refractivity contribution >= 4 is 30.6 Å². The predicted octanol–water partition coefficient (Wildman–Crippen LogP) is 4.07. The predicted molar refractivity (Wildman–Crippen MR) is 121 cm³/mol. The number of aromatic nitrogens is 1. The van der Waals surface area contributed by atoms with Gasteiger partial charge in [0.2, 0.25) is 0 Å². The molecule has 0 saturated carbocycles. The van der Waals surface area contributed by atoms with Crippen LogP contribution >= 0.6 is 0 Å². The number of nitrogens with zero attached hydrogens (tertiary/aromatic N) is 2. The van der Waals surface area contributed by atoms with Gasteiger partial charge in [-0.25, -0.2) is 14.6 Å². The number of anilines is 1. The fraction of sp³-hybridized carbons (Fsp3) is 0.682. The van der Waals surface area contributed by atoms with Crippen molar-refractivity contribution in [2.24, 2.45) is 0 Å². The third-order valence-corrected chi connectivity index (χ3v) is 4.96. The van der Waals surface area contributed by atoms with Gasteiger partial charge >= 0.3 is 19.3 Å². The molecule has 178 valence electrons. The van der Waals surface area contributed by atoms with E-state index in [1.807, 2.05) is 27.7 Å². The Morgan fingerprint density at radius 2 is 1.38 bits per heavy atom. The highest BCUT2D eigenvalue weighted by Gasteiger charge is 2.52. The van der Waals surface area contributed by atoms with Crippen LogP contribution in [0.25, 0.3) is 0 Å². The molecule has 0 aromatic carbocycles. The zero-order valence-corrected chi connectivity index (χ0v) is 21.0. The first-order valence-corrected chi connectivity index (χ1v) is 10.5. The van der Waals surface area contributed by atoms with E-state index < -0.39 is 41.7 Å². The Morgan fingerprint density at radius 1 is 0.938 bits per heavy atom. The number of carbonyl (C=O) groups excluding carboxylic acids is 2. The monoisotopic (exact) mass is 450 g/mol. The first-order valence-electron chi connectivity index (χ1n) is 10.5. The van der Waals surface area contributed by atoms with Crippen LogP contribution in [0.15, 0.2) is 12.3 Å². The maximum Gasteiger partial charge on any atom is 0.496 e. The van der Waals surface area contributed by atoms with Crippen LogP contribution in [-0.2, 0) is 18.8 Å². The minimum Gasteiger partial charge on any atom is -0.493 e. The largest absolute Gasteiger partial charge is 0.496 e.